The maximum atomic E-state index is 12.8. The van der Waals surface area contributed by atoms with Gasteiger partial charge in [0.15, 0.2) is 0 Å². The Hall–Kier alpha value is -3.17. The summed E-state index contributed by atoms with van der Waals surface area (Å²) in [4.78, 5) is 8.39. The van der Waals surface area contributed by atoms with Crippen molar-refractivity contribution in [2.75, 3.05) is 21.3 Å². The fourth-order valence-corrected chi connectivity index (χ4v) is 3.84. The minimum absolute atomic E-state index is 0.00558. The largest absolute Gasteiger partial charge is 0.497 e. The van der Waals surface area contributed by atoms with Crippen LogP contribution in [-0.2, 0) is 16.6 Å². The quantitative estimate of drug-likeness (QED) is 0.604. The molecule has 8 nitrogen and oxygen atoms in total. The van der Waals surface area contributed by atoms with Crippen LogP contribution in [0.25, 0.3) is 11.3 Å². The van der Waals surface area contributed by atoms with Crippen LogP contribution in [0.4, 0.5) is 0 Å². The summed E-state index contributed by atoms with van der Waals surface area (Å²) in [7, 11) is 0.621. The van der Waals surface area contributed by atoms with Crippen LogP contribution in [0, 0.1) is 0 Å². The Bertz CT molecular complexity index is 1090. The van der Waals surface area contributed by atoms with E-state index in [-0.39, 0.29) is 17.2 Å². The van der Waals surface area contributed by atoms with Crippen LogP contribution in [0.3, 0.4) is 0 Å². The second-order valence-corrected chi connectivity index (χ2v) is 7.70. The molecule has 0 fully saturated rings. The van der Waals surface area contributed by atoms with Gasteiger partial charge in [-0.05, 0) is 42.5 Å². The number of hydrogen-bond donors (Lipinski definition) is 1. The number of hydrogen-bond acceptors (Lipinski definition) is 7. The number of aromatic nitrogens is 2. The lowest BCUT2D eigenvalue weighted by atomic mass is 10.1. The van der Waals surface area contributed by atoms with Gasteiger partial charge in [-0.2, -0.15) is 0 Å². The van der Waals surface area contributed by atoms with Gasteiger partial charge in [0, 0.05) is 11.6 Å². The van der Waals surface area contributed by atoms with E-state index in [2.05, 4.69) is 14.7 Å². The number of nitrogens with one attached hydrogen (secondary N) is 1. The molecule has 3 rings (SSSR count). The van der Waals surface area contributed by atoms with Crippen molar-refractivity contribution in [1.82, 2.24) is 14.7 Å². The first-order valence-electron chi connectivity index (χ1n) is 8.64. The molecule has 0 saturated heterocycles. The highest BCUT2D eigenvalue weighted by Crippen LogP contribution is 2.28. The molecule has 0 saturated carbocycles. The molecule has 0 aliphatic carbocycles. The van der Waals surface area contributed by atoms with Crippen LogP contribution >= 0.6 is 0 Å². The summed E-state index contributed by atoms with van der Waals surface area (Å²) < 4.78 is 43.5. The van der Waals surface area contributed by atoms with Crippen LogP contribution in [0.15, 0.2) is 59.8 Å². The summed E-state index contributed by atoms with van der Waals surface area (Å²) >= 11 is 0. The predicted octanol–water partition coefficient (Wildman–Crippen LogP) is 2.65. The molecule has 9 heteroatoms. The number of benzene rings is 2. The molecule has 152 valence electrons. The predicted molar refractivity (Wildman–Crippen MR) is 108 cm³/mol. The molecule has 0 unspecified atom stereocenters. The van der Waals surface area contributed by atoms with Crippen molar-refractivity contribution < 1.29 is 22.6 Å². The van der Waals surface area contributed by atoms with Crippen molar-refractivity contribution in [3.63, 3.8) is 0 Å². The molecule has 1 aromatic heterocycles. The van der Waals surface area contributed by atoms with Gasteiger partial charge in [0.25, 0.3) is 0 Å². The van der Waals surface area contributed by atoms with Gasteiger partial charge in [-0.15, -0.1) is 0 Å². The molecule has 29 heavy (non-hydrogen) atoms. The first-order chi connectivity index (χ1) is 14.0. The summed E-state index contributed by atoms with van der Waals surface area (Å²) in [5.74, 6) is 1.37. The van der Waals surface area contributed by atoms with E-state index in [1.165, 1.54) is 26.6 Å². The van der Waals surface area contributed by atoms with E-state index in [1.54, 1.807) is 25.3 Å². The Balaban J connectivity index is 1.80. The zero-order valence-electron chi connectivity index (χ0n) is 16.2. The Labute approximate surface area is 169 Å². The van der Waals surface area contributed by atoms with E-state index in [0.29, 0.717) is 17.1 Å². The zero-order valence-corrected chi connectivity index (χ0v) is 17.1. The van der Waals surface area contributed by atoms with Gasteiger partial charge in [-0.3, -0.25) is 0 Å². The third kappa shape index (κ3) is 4.82. The van der Waals surface area contributed by atoms with Gasteiger partial charge in [-0.25, -0.2) is 23.1 Å². The Morgan fingerprint density at radius 1 is 0.862 bits per heavy atom. The molecule has 0 spiro atoms. The number of methoxy groups -OCH3 is 3. The van der Waals surface area contributed by atoms with E-state index in [4.69, 9.17) is 14.2 Å². The van der Waals surface area contributed by atoms with E-state index in [0.717, 1.165) is 11.3 Å². The summed E-state index contributed by atoms with van der Waals surface area (Å²) in [6.07, 6.45) is 1.40. The maximum absolute atomic E-state index is 12.8. The number of nitrogens with zero attached hydrogens (tertiary/aromatic N) is 2. The molecule has 1 heterocycles. The molecule has 0 bridgehead atoms. The van der Waals surface area contributed by atoms with Crippen molar-refractivity contribution in [2.45, 2.75) is 11.4 Å². The minimum Gasteiger partial charge on any atom is -0.497 e. The second kappa shape index (κ2) is 8.89. The zero-order chi connectivity index (χ0) is 20.9. The van der Waals surface area contributed by atoms with E-state index in [1.807, 2.05) is 24.3 Å². The average molecular weight is 415 g/mol. The highest BCUT2D eigenvalue weighted by molar-refractivity contribution is 7.89. The number of sulfonamides is 1. The fourth-order valence-electron chi connectivity index (χ4n) is 2.65. The van der Waals surface area contributed by atoms with E-state index >= 15 is 0 Å². The number of ether oxygens (including phenoxy) is 3. The molecule has 0 aliphatic heterocycles. The molecule has 3 aromatic rings. The molecule has 0 aliphatic rings. The van der Waals surface area contributed by atoms with Crippen LogP contribution in [0.1, 0.15) is 5.69 Å². The molecule has 0 atom stereocenters. The van der Waals surface area contributed by atoms with Gasteiger partial charge in [0.1, 0.15) is 28.5 Å². The molecule has 0 radical (unpaired) electrons. The smallest absolute Gasteiger partial charge is 0.244 e. The molecule has 0 amide bonds. The van der Waals surface area contributed by atoms with Crippen molar-refractivity contribution in [2.24, 2.45) is 0 Å². The topological polar surface area (TPSA) is 99.6 Å². The summed E-state index contributed by atoms with van der Waals surface area (Å²) in [5.41, 5.74) is 2.07. The first kappa shape index (κ1) is 20.6. The molecule has 2 aromatic carbocycles. The van der Waals surface area contributed by atoms with Gasteiger partial charge in [-0.1, -0.05) is 0 Å². The summed E-state index contributed by atoms with van der Waals surface area (Å²) in [6, 6.07) is 13.7. The molecular formula is C20H21N3O5S. The van der Waals surface area contributed by atoms with Gasteiger partial charge < -0.3 is 14.2 Å². The average Bonchev–Trinajstić information content (AvgIpc) is 2.77. The van der Waals surface area contributed by atoms with E-state index in [9.17, 15) is 8.42 Å². The highest BCUT2D eigenvalue weighted by Gasteiger charge is 2.20. The Morgan fingerprint density at radius 3 is 2.21 bits per heavy atom. The SMILES string of the molecule is COc1ccc(-c2cc(CNS(=O)(=O)c3cc(OC)ccc3OC)ncn2)cc1. The lowest BCUT2D eigenvalue weighted by Gasteiger charge is -2.12. The normalized spacial score (nSPS) is 11.1. The van der Waals surface area contributed by atoms with Crippen molar-refractivity contribution in [3.05, 3.63) is 60.6 Å². The molecular weight excluding hydrogens is 394 g/mol. The third-order valence-corrected chi connectivity index (χ3v) is 5.64. The summed E-state index contributed by atoms with van der Waals surface area (Å²) in [5, 5.41) is 0. The van der Waals surface area contributed by atoms with Gasteiger partial charge >= 0.3 is 0 Å². The highest BCUT2D eigenvalue weighted by atomic mass is 32.2. The van der Waals surface area contributed by atoms with Crippen molar-refractivity contribution in [1.29, 1.82) is 0 Å². The van der Waals surface area contributed by atoms with Crippen LogP contribution in [0.5, 0.6) is 17.2 Å². The van der Waals surface area contributed by atoms with Crippen LogP contribution < -0.4 is 18.9 Å². The van der Waals surface area contributed by atoms with E-state index < -0.39 is 10.0 Å². The lowest BCUT2D eigenvalue weighted by Crippen LogP contribution is -2.24. The Kier molecular flexibility index (Phi) is 6.30. The van der Waals surface area contributed by atoms with Crippen LogP contribution in [0.2, 0.25) is 0 Å². The first-order valence-corrected chi connectivity index (χ1v) is 10.1. The standard InChI is InChI=1S/C20H21N3O5S/c1-26-16-6-4-14(5-7-16)18-10-15(21-13-22-18)12-23-29(24,25)20-11-17(27-2)8-9-19(20)28-3/h4-11,13,23H,12H2,1-3H3. The van der Waals surface area contributed by atoms with Gasteiger partial charge in [0.2, 0.25) is 10.0 Å². The molecule has 1 N–H and O–H groups in total. The Morgan fingerprint density at radius 2 is 1.55 bits per heavy atom. The monoisotopic (exact) mass is 415 g/mol. The lowest BCUT2D eigenvalue weighted by molar-refractivity contribution is 0.392. The third-order valence-electron chi connectivity index (χ3n) is 4.21. The van der Waals surface area contributed by atoms with Crippen LogP contribution in [-0.4, -0.2) is 39.7 Å². The fraction of sp³-hybridized carbons (Fsp3) is 0.200. The van der Waals surface area contributed by atoms with Crippen molar-refractivity contribution >= 4 is 10.0 Å². The number of rotatable bonds is 8. The van der Waals surface area contributed by atoms with Gasteiger partial charge in [0.05, 0.1) is 39.3 Å². The second-order valence-electron chi connectivity index (χ2n) is 5.96. The minimum atomic E-state index is -3.85. The maximum Gasteiger partial charge on any atom is 0.244 e. The summed E-state index contributed by atoms with van der Waals surface area (Å²) in [6.45, 7) is -0.00558. The van der Waals surface area contributed by atoms with Crippen molar-refractivity contribution in [3.8, 4) is 28.5 Å².